The quantitative estimate of drug-likeness (QED) is 0.104. The van der Waals surface area contributed by atoms with E-state index in [1.54, 1.807) is 0 Å². The third-order valence-electron chi connectivity index (χ3n) is 5.01. The van der Waals surface area contributed by atoms with E-state index in [0.29, 0.717) is 12.8 Å². The number of phosphoric acid groups is 1. The Hall–Kier alpha value is -1.03. The zero-order chi connectivity index (χ0) is 25.7. The number of hydrogen-bond donors (Lipinski definition) is 3. The van der Waals surface area contributed by atoms with Crippen molar-refractivity contribution in [1.82, 2.24) is 0 Å². The molecule has 0 radical (unpaired) electrons. The Morgan fingerprint density at radius 3 is 1.85 bits per heavy atom. The van der Waals surface area contributed by atoms with Crippen molar-refractivity contribution in [2.24, 2.45) is 0 Å². The normalized spacial score (nSPS) is 14.9. The van der Waals surface area contributed by atoms with Gasteiger partial charge in [-0.1, -0.05) is 71.6 Å². The molecule has 3 atom stereocenters. The molecular weight excluding hydrogens is 467 g/mol. The number of rotatable bonds is 23. The van der Waals surface area contributed by atoms with Gasteiger partial charge in [-0.05, 0) is 12.8 Å². The lowest BCUT2D eigenvalue weighted by Gasteiger charge is -2.20. The van der Waals surface area contributed by atoms with Crippen LogP contribution in [0.4, 0.5) is 0 Å². The van der Waals surface area contributed by atoms with Gasteiger partial charge in [0.05, 0.1) is 19.8 Å². The zero-order valence-corrected chi connectivity index (χ0v) is 21.7. The molecule has 0 saturated heterocycles. The molecule has 0 bridgehead atoms. The van der Waals surface area contributed by atoms with Crippen LogP contribution in [-0.2, 0) is 32.7 Å². The minimum atomic E-state index is -4.57. The molecule has 0 saturated carbocycles. The first-order chi connectivity index (χ1) is 16.2. The third kappa shape index (κ3) is 20.4. The van der Waals surface area contributed by atoms with Gasteiger partial charge in [-0.2, -0.15) is 0 Å². The molecule has 0 aliphatic heterocycles. The minimum Gasteiger partial charge on any atom is -0.462 e. The highest BCUT2D eigenvalue weighted by Gasteiger charge is 2.27. The second kappa shape index (κ2) is 21.3. The Bertz CT molecular complexity index is 572. The number of aliphatic hydroxyl groups excluding tert-OH is 2. The van der Waals surface area contributed by atoms with Crippen molar-refractivity contribution in [3.63, 3.8) is 0 Å². The van der Waals surface area contributed by atoms with Crippen LogP contribution in [0.5, 0.6) is 0 Å². The van der Waals surface area contributed by atoms with Crippen LogP contribution < -0.4 is 0 Å². The van der Waals surface area contributed by atoms with Gasteiger partial charge in [0.2, 0.25) is 0 Å². The van der Waals surface area contributed by atoms with E-state index >= 15 is 0 Å². The van der Waals surface area contributed by atoms with Crippen LogP contribution in [0, 0.1) is 0 Å². The summed E-state index contributed by atoms with van der Waals surface area (Å²) < 4.78 is 31.9. The van der Waals surface area contributed by atoms with Crippen molar-refractivity contribution in [3.05, 3.63) is 0 Å². The predicted molar refractivity (Wildman–Crippen MR) is 127 cm³/mol. The molecule has 11 heteroatoms. The number of carbonyl (C=O) groups is 2. The first-order valence-corrected chi connectivity index (χ1v) is 14.0. The van der Waals surface area contributed by atoms with Crippen molar-refractivity contribution in [2.75, 3.05) is 26.4 Å². The molecule has 0 aliphatic carbocycles. The van der Waals surface area contributed by atoms with Crippen LogP contribution >= 0.6 is 7.82 Å². The van der Waals surface area contributed by atoms with Gasteiger partial charge in [-0.15, -0.1) is 0 Å². The van der Waals surface area contributed by atoms with Crippen molar-refractivity contribution in [2.45, 2.75) is 110 Å². The number of esters is 2. The fourth-order valence-electron chi connectivity index (χ4n) is 2.99. The topological polar surface area (TPSA) is 149 Å². The zero-order valence-electron chi connectivity index (χ0n) is 20.8. The van der Waals surface area contributed by atoms with E-state index in [2.05, 4.69) is 18.4 Å². The summed E-state index contributed by atoms with van der Waals surface area (Å²) in [6.45, 7) is 2.12. The molecule has 0 aromatic carbocycles. The smallest absolute Gasteiger partial charge is 0.462 e. The third-order valence-corrected chi connectivity index (χ3v) is 5.96. The highest BCUT2D eigenvalue weighted by Crippen LogP contribution is 2.43. The van der Waals surface area contributed by atoms with Gasteiger partial charge in [0.25, 0.3) is 0 Å². The van der Waals surface area contributed by atoms with Gasteiger partial charge in [0, 0.05) is 12.8 Å². The molecular formula is C23H45O10P. The van der Waals surface area contributed by atoms with Gasteiger partial charge < -0.3 is 24.6 Å². The van der Waals surface area contributed by atoms with E-state index in [-0.39, 0.29) is 19.4 Å². The largest absolute Gasteiger partial charge is 0.472 e. The molecule has 0 aromatic rings. The average Bonchev–Trinajstić information content (AvgIpc) is 2.81. The molecule has 0 amide bonds. The summed E-state index contributed by atoms with van der Waals surface area (Å²) in [7, 11) is -4.57. The number of carbonyl (C=O) groups excluding carboxylic acids is 2. The van der Waals surface area contributed by atoms with E-state index < -0.39 is 51.8 Å². The Morgan fingerprint density at radius 2 is 1.26 bits per heavy atom. The Kier molecular flexibility index (Phi) is 20.6. The van der Waals surface area contributed by atoms with Gasteiger partial charge >= 0.3 is 19.8 Å². The van der Waals surface area contributed by atoms with E-state index in [1.807, 2.05) is 0 Å². The van der Waals surface area contributed by atoms with Crippen LogP contribution in [-0.4, -0.2) is 65.7 Å². The van der Waals surface area contributed by atoms with Crippen LogP contribution in [0.15, 0.2) is 0 Å². The summed E-state index contributed by atoms with van der Waals surface area (Å²) in [4.78, 5) is 33.9. The molecule has 0 heterocycles. The molecule has 0 aromatic heterocycles. The second-order valence-corrected chi connectivity index (χ2v) is 9.83. The van der Waals surface area contributed by atoms with E-state index in [0.717, 1.165) is 38.5 Å². The van der Waals surface area contributed by atoms with Crippen LogP contribution in [0.2, 0.25) is 0 Å². The highest BCUT2D eigenvalue weighted by atomic mass is 31.2. The van der Waals surface area contributed by atoms with Gasteiger partial charge in [-0.25, -0.2) is 4.57 Å². The standard InChI is InChI=1S/C23H45O10P/c1-3-5-7-9-10-11-13-15-23(27)33-21(18-30-22(26)14-12-8-6-4-2)19-32-34(28,29)31-17-20(25)16-24/h20-21,24-25H,3-19H2,1-2H3,(H,28,29)/t20-,21+/m0/s1. The molecule has 0 fully saturated rings. The summed E-state index contributed by atoms with van der Waals surface area (Å²) in [5.74, 6) is -0.954. The maximum Gasteiger partial charge on any atom is 0.472 e. The van der Waals surface area contributed by atoms with Crippen LogP contribution in [0.1, 0.15) is 97.3 Å². The van der Waals surface area contributed by atoms with Crippen molar-refractivity contribution >= 4 is 19.8 Å². The van der Waals surface area contributed by atoms with Crippen LogP contribution in [0.3, 0.4) is 0 Å². The first-order valence-electron chi connectivity index (χ1n) is 12.5. The molecule has 202 valence electrons. The molecule has 0 spiro atoms. The molecule has 1 unspecified atom stereocenters. The predicted octanol–water partition coefficient (Wildman–Crippen LogP) is 4.04. The van der Waals surface area contributed by atoms with Crippen molar-refractivity contribution < 1.29 is 47.8 Å². The SMILES string of the molecule is CCCCCCCCCC(=O)O[C@H](COC(=O)CCCCCC)COP(=O)(O)OC[C@@H](O)CO. The average molecular weight is 513 g/mol. The Balaban J connectivity index is 4.57. The van der Waals surface area contributed by atoms with E-state index in [1.165, 1.54) is 19.3 Å². The summed E-state index contributed by atoms with van der Waals surface area (Å²) in [6, 6.07) is 0. The highest BCUT2D eigenvalue weighted by molar-refractivity contribution is 7.47. The summed E-state index contributed by atoms with van der Waals surface area (Å²) >= 11 is 0. The molecule has 0 rings (SSSR count). The van der Waals surface area contributed by atoms with Crippen LogP contribution in [0.25, 0.3) is 0 Å². The van der Waals surface area contributed by atoms with Gasteiger partial charge in [0.1, 0.15) is 12.7 Å². The number of aliphatic hydroxyl groups is 2. The summed E-state index contributed by atoms with van der Waals surface area (Å²) in [5, 5.41) is 18.0. The second-order valence-electron chi connectivity index (χ2n) is 8.37. The fraction of sp³-hybridized carbons (Fsp3) is 0.913. The molecule has 3 N–H and O–H groups in total. The minimum absolute atomic E-state index is 0.186. The van der Waals surface area contributed by atoms with E-state index in [4.69, 9.17) is 19.1 Å². The van der Waals surface area contributed by atoms with Gasteiger partial charge in [0.15, 0.2) is 6.10 Å². The summed E-state index contributed by atoms with van der Waals surface area (Å²) in [6.07, 6.45) is 8.98. The summed E-state index contributed by atoms with van der Waals surface area (Å²) in [5.41, 5.74) is 0. The Labute approximate surface area is 203 Å². The monoisotopic (exact) mass is 512 g/mol. The first kappa shape index (κ1) is 33.0. The number of phosphoric ester groups is 1. The van der Waals surface area contributed by atoms with E-state index in [9.17, 15) is 24.2 Å². The lowest BCUT2D eigenvalue weighted by Crippen LogP contribution is -2.29. The van der Waals surface area contributed by atoms with Crippen molar-refractivity contribution in [3.8, 4) is 0 Å². The number of ether oxygens (including phenoxy) is 2. The number of hydrogen-bond acceptors (Lipinski definition) is 9. The number of unbranched alkanes of at least 4 members (excludes halogenated alkanes) is 9. The van der Waals surface area contributed by atoms with Gasteiger partial charge in [-0.3, -0.25) is 18.6 Å². The van der Waals surface area contributed by atoms with Crippen molar-refractivity contribution in [1.29, 1.82) is 0 Å². The lowest BCUT2D eigenvalue weighted by molar-refractivity contribution is -0.161. The molecule has 0 aliphatic rings. The lowest BCUT2D eigenvalue weighted by atomic mass is 10.1. The fourth-order valence-corrected chi connectivity index (χ4v) is 3.78. The molecule has 10 nitrogen and oxygen atoms in total. The Morgan fingerprint density at radius 1 is 0.765 bits per heavy atom. The maximum atomic E-state index is 12.2. The maximum absolute atomic E-state index is 12.2. The molecule has 34 heavy (non-hydrogen) atoms.